The van der Waals surface area contributed by atoms with E-state index >= 15 is 0 Å². The lowest BCUT2D eigenvalue weighted by Crippen LogP contribution is -2.33. The Hall–Kier alpha value is -1.52. The molecular formula is C17H27N6O13P3S. The minimum Gasteiger partial charge on any atom is -0.387 e. The van der Waals surface area contributed by atoms with Crippen LogP contribution in [-0.4, -0.2) is 80.0 Å². The quantitative estimate of drug-likeness (QED) is 0.0611. The third kappa shape index (κ3) is 9.24. The minimum absolute atomic E-state index is 0.0533. The van der Waals surface area contributed by atoms with Crippen molar-refractivity contribution in [1.82, 2.24) is 19.5 Å². The fourth-order valence-corrected chi connectivity index (χ4v) is 7.43. The molecule has 2 aromatic rings. The van der Waals surface area contributed by atoms with E-state index in [1.54, 1.807) is 0 Å². The first-order valence-corrected chi connectivity index (χ1v) is 16.9. The van der Waals surface area contributed by atoms with E-state index in [-0.39, 0.29) is 17.0 Å². The van der Waals surface area contributed by atoms with Gasteiger partial charge in [0.25, 0.3) is 0 Å². The number of phosphoric acid groups is 3. The topological polar surface area (TPSA) is 303 Å². The maximum absolute atomic E-state index is 12.0. The number of imidazole rings is 1. The van der Waals surface area contributed by atoms with Crippen molar-refractivity contribution in [2.45, 2.75) is 61.8 Å². The predicted molar refractivity (Wildman–Crippen MR) is 135 cm³/mol. The Morgan fingerprint density at radius 1 is 1.05 bits per heavy atom. The number of nitriles is 1. The van der Waals surface area contributed by atoms with Gasteiger partial charge in [0.1, 0.15) is 23.8 Å². The second-order valence-corrected chi connectivity index (χ2v) is 13.8. The van der Waals surface area contributed by atoms with E-state index in [1.165, 1.54) is 22.7 Å². The Balaban J connectivity index is 1.66. The van der Waals surface area contributed by atoms with E-state index in [4.69, 9.17) is 25.5 Å². The molecule has 224 valence electrons. The molecule has 3 heterocycles. The van der Waals surface area contributed by atoms with Crippen molar-refractivity contribution in [3.63, 3.8) is 0 Å². The summed E-state index contributed by atoms with van der Waals surface area (Å²) in [7, 11) is -16.8. The summed E-state index contributed by atoms with van der Waals surface area (Å²) in [5.74, 6) is 0.729. The number of nitrogens with two attached hydrogens (primary N) is 1. The SMILES string of the molecule is N#CCCCCCCSc1nc(N)c2ncn(C3O[C@H](COP(=O)(O)OP(=O)(O)OP(=O)(O)O)[C@@H](O)[C@H]3O)c2n1. The van der Waals surface area contributed by atoms with Gasteiger partial charge in [0, 0.05) is 12.2 Å². The number of hydrogen-bond donors (Lipinski definition) is 7. The van der Waals surface area contributed by atoms with Crippen molar-refractivity contribution in [2.24, 2.45) is 0 Å². The molecule has 1 fully saturated rings. The number of nitrogens with zero attached hydrogens (tertiary/aromatic N) is 5. The number of nitrogen functional groups attached to an aromatic ring is 1. The number of hydrogen-bond acceptors (Lipinski definition) is 15. The highest BCUT2D eigenvalue weighted by Gasteiger charge is 2.47. The van der Waals surface area contributed by atoms with E-state index in [2.05, 4.69) is 34.2 Å². The summed E-state index contributed by atoms with van der Waals surface area (Å²) in [6, 6.07) is 2.10. The van der Waals surface area contributed by atoms with Crippen molar-refractivity contribution in [1.29, 1.82) is 5.26 Å². The molecule has 0 aliphatic carbocycles. The summed E-state index contributed by atoms with van der Waals surface area (Å²) in [5.41, 5.74) is 6.35. The molecule has 0 saturated carbocycles. The highest BCUT2D eigenvalue weighted by Crippen LogP contribution is 2.66. The van der Waals surface area contributed by atoms with Gasteiger partial charge in [-0.1, -0.05) is 24.6 Å². The number of rotatable bonds is 15. The van der Waals surface area contributed by atoms with Crippen molar-refractivity contribution in [2.75, 3.05) is 18.1 Å². The number of unbranched alkanes of at least 4 members (excludes halogenated alkanes) is 4. The lowest BCUT2D eigenvalue weighted by atomic mass is 10.1. The molecular weight excluding hydrogens is 621 g/mol. The van der Waals surface area contributed by atoms with Crippen molar-refractivity contribution >= 4 is 52.2 Å². The Morgan fingerprint density at radius 2 is 1.75 bits per heavy atom. The van der Waals surface area contributed by atoms with Crippen LogP contribution in [0.3, 0.4) is 0 Å². The molecule has 40 heavy (non-hydrogen) atoms. The Morgan fingerprint density at radius 3 is 2.42 bits per heavy atom. The molecule has 23 heteroatoms. The van der Waals surface area contributed by atoms with Gasteiger partial charge in [-0.25, -0.2) is 28.6 Å². The van der Waals surface area contributed by atoms with Crippen molar-refractivity contribution < 1.29 is 61.4 Å². The van der Waals surface area contributed by atoms with Crippen LogP contribution in [0.1, 0.15) is 38.3 Å². The van der Waals surface area contributed by atoms with Crippen LogP contribution in [0.2, 0.25) is 0 Å². The average molecular weight is 648 g/mol. The molecule has 6 atom stereocenters. The first kappa shape index (κ1) is 33.0. The number of aliphatic hydroxyl groups is 2. The maximum Gasteiger partial charge on any atom is 0.490 e. The first-order chi connectivity index (χ1) is 18.6. The van der Waals surface area contributed by atoms with E-state index in [1.807, 2.05) is 0 Å². The van der Waals surface area contributed by atoms with Gasteiger partial charge in [-0.2, -0.15) is 13.9 Å². The van der Waals surface area contributed by atoms with Crippen LogP contribution < -0.4 is 5.73 Å². The van der Waals surface area contributed by atoms with E-state index in [0.717, 1.165) is 25.7 Å². The van der Waals surface area contributed by atoms with Gasteiger partial charge in [-0.3, -0.25) is 9.09 Å². The minimum atomic E-state index is -5.74. The molecule has 1 saturated heterocycles. The predicted octanol–water partition coefficient (Wildman–Crippen LogP) is 0.937. The monoisotopic (exact) mass is 648 g/mol. The number of ether oxygens (including phenoxy) is 1. The largest absolute Gasteiger partial charge is 0.490 e. The summed E-state index contributed by atoms with van der Waals surface area (Å²) >= 11 is 1.33. The van der Waals surface area contributed by atoms with E-state index < -0.39 is 54.6 Å². The van der Waals surface area contributed by atoms with Gasteiger partial charge in [0.05, 0.1) is 19.0 Å². The molecule has 1 aliphatic rings. The molecule has 3 unspecified atom stereocenters. The van der Waals surface area contributed by atoms with Crippen LogP contribution in [0, 0.1) is 11.3 Å². The summed E-state index contributed by atoms with van der Waals surface area (Å²) in [5, 5.41) is 29.9. The molecule has 0 amide bonds. The number of thioether (sulfide) groups is 1. The molecule has 19 nitrogen and oxygen atoms in total. The van der Waals surface area contributed by atoms with Crippen molar-refractivity contribution in [3.05, 3.63) is 6.33 Å². The molecule has 0 aromatic carbocycles. The molecule has 0 spiro atoms. The zero-order valence-electron chi connectivity index (χ0n) is 20.4. The number of aromatic nitrogens is 4. The molecule has 1 aliphatic heterocycles. The van der Waals surface area contributed by atoms with Crippen LogP contribution >= 0.6 is 35.2 Å². The fourth-order valence-electron chi connectivity index (χ4n) is 3.56. The Labute approximate surface area is 230 Å². The van der Waals surface area contributed by atoms with Crippen LogP contribution in [0.5, 0.6) is 0 Å². The number of fused-ring (bicyclic) bond motifs is 1. The fraction of sp³-hybridized carbons (Fsp3) is 0.647. The zero-order chi connectivity index (χ0) is 29.7. The first-order valence-electron chi connectivity index (χ1n) is 11.4. The molecule has 0 radical (unpaired) electrons. The van der Waals surface area contributed by atoms with Crippen LogP contribution in [0.4, 0.5) is 5.82 Å². The Kier molecular flexibility index (Phi) is 11.2. The van der Waals surface area contributed by atoms with Gasteiger partial charge in [0.2, 0.25) is 0 Å². The summed E-state index contributed by atoms with van der Waals surface area (Å²) in [6.45, 7) is -0.975. The van der Waals surface area contributed by atoms with E-state index in [9.17, 15) is 33.7 Å². The lowest BCUT2D eigenvalue weighted by Gasteiger charge is -2.19. The van der Waals surface area contributed by atoms with Gasteiger partial charge >= 0.3 is 23.5 Å². The third-order valence-electron chi connectivity index (χ3n) is 5.27. The lowest BCUT2D eigenvalue weighted by molar-refractivity contribution is -0.0503. The van der Waals surface area contributed by atoms with Crippen LogP contribution in [0.15, 0.2) is 11.5 Å². The summed E-state index contributed by atoms with van der Waals surface area (Å²) in [6.07, 6.45) is -0.897. The highest BCUT2D eigenvalue weighted by molar-refractivity contribution is 7.99. The van der Waals surface area contributed by atoms with E-state index in [0.29, 0.717) is 17.3 Å². The van der Waals surface area contributed by atoms with Gasteiger partial charge in [0.15, 0.2) is 22.8 Å². The average Bonchev–Trinajstić information content (AvgIpc) is 3.36. The zero-order valence-corrected chi connectivity index (χ0v) is 23.9. The van der Waals surface area contributed by atoms with Gasteiger partial charge in [-0.05, 0) is 12.8 Å². The van der Waals surface area contributed by atoms with Gasteiger partial charge < -0.3 is 40.3 Å². The van der Waals surface area contributed by atoms with Gasteiger partial charge in [-0.15, -0.1) is 0 Å². The second kappa shape index (κ2) is 13.6. The third-order valence-corrected chi connectivity index (χ3v) is 10.0. The highest BCUT2D eigenvalue weighted by atomic mass is 32.2. The number of aliphatic hydroxyl groups excluding tert-OH is 2. The molecule has 3 rings (SSSR count). The number of phosphoric ester groups is 1. The van der Waals surface area contributed by atoms with Crippen LogP contribution in [0.25, 0.3) is 11.2 Å². The molecule has 2 aromatic heterocycles. The second-order valence-electron chi connectivity index (χ2n) is 8.32. The summed E-state index contributed by atoms with van der Waals surface area (Å²) in [4.78, 5) is 48.8. The van der Waals surface area contributed by atoms with Crippen molar-refractivity contribution in [3.8, 4) is 6.07 Å². The summed E-state index contributed by atoms with van der Waals surface area (Å²) < 4.78 is 52.7. The maximum atomic E-state index is 12.0. The normalized spacial score (nSPS) is 24.5. The number of anilines is 1. The standard InChI is InChI=1S/C17H27N6O13P3S/c18-6-4-2-1-3-5-7-40-17-21-14(19)11-15(22-17)23(9-20-11)16-13(25)12(24)10(34-16)8-33-38(29,30)36-39(31,32)35-37(26,27)28/h9-10,12-13,16,24-25H,1-5,7-8H2,(H,29,30)(H,31,32)(H2,19,21,22)(H2,26,27,28)/t10-,12-,13-,16?/m1/s1. The molecule has 8 N–H and O–H groups in total. The smallest absolute Gasteiger partial charge is 0.387 e. The molecule has 0 bridgehead atoms. The van der Waals surface area contributed by atoms with Crippen LogP contribution in [-0.2, 0) is 31.6 Å². The Bertz CT molecular complexity index is 1370.